The minimum Gasteiger partial charge on any atom is -0.369 e. The summed E-state index contributed by atoms with van der Waals surface area (Å²) in [5.74, 6) is -0.441. The van der Waals surface area contributed by atoms with E-state index in [1.807, 2.05) is 6.07 Å². The number of hydrogen-bond donors (Lipinski definition) is 1. The van der Waals surface area contributed by atoms with E-state index < -0.39 is 5.54 Å². The highest BCUT2D eigenvalue weighted by atomic mass is 19.1. The number of anilines is 1. The number of halogens is 1. The molecule has 2 fully saturated rings. The summed E-state index contributed by atoms with van der Waals surface area (Å²) in [5, 5.41) is 2.93. The number of imide groups is 1. The second-order valence-electron chi connectivity index (χ2n) is 8.85. The van der Waals surface area contributed by atoms with Crippen LogP contribution in [-0.4, -0.2) is 54.6 Å². The molecule has 0 saturated carbocycles. The Morgan fingerprint density at radius 2 is 1.68 bits per heavy atom. The predicted octanol–water partition coefficient (Wildman–Crippen LogP) is 2.86. The maximum atomic E-state index is 13.3. The van der Waals surface area contributed by atoms with Gasteiger partial charge >= 0.3 is 6.03 Å². The lowest BCUT2D eigenvalue weighted by Gasteiger charge is -2.37. The van der Waals surface area contributed by atoms with Gasteiger partial charge in [-0.15, -0.1) is 0 Å². The quantitative estimate of drug-likeness (QED) is 0.770. The second kappa shape index (κ2) is 7.64. The van der Waals surface area contributed by atoms with Crippen molar-refractivity contribution in [3.8, 4) is 0 Å². The summed E-state index contributed by atoms with van der Waals surface area (Å²) in [5.41, 5.74) is 3.46. The molecule has 0 bridgehead atoms. The topological polar surface area (TPSA) is 55.9 Å². The maximum absolute atomic E-state index is 13.3. The predicted molar refractivity (Wildman–Crippen MR) is 116 cm³/mol. The van der Waals surface area contributed by atoms with E-state index in [-0.39, 0.29) is 24.4 Å². The Balaban J connectivity index is 1.25. The van der Waals surface area contributed by atoms with Gasteiger partial charge in [0.25, 0.3) is 5.91 Å². The van der Waals surface area contributed by atoms with Crippen LogP contribution in [0.3, 0.4) is 0 Å². The van der Waals surface area contributed by atoms with Gasteiger partial charge in [0.1, 0.15) is 11.4 Å². The molecule has 1 N–H and O–H groups in total. The molecule has 0 unspecified atom stereocenters. The third-order valence-corrected chi connectivity index (χ3v) is 6.86. The summed E-state index contributed by atoms with van der Waals surface area (Å²) in [6.45, 7) is 5.06. The molecular formula is C24H27FN4O2. The number of amides is 3. The average Bonchev–Trinajstić information content (AvgIpc) is 3.33. The third kappa shape index (κ3) is 3.57. The molecule has 1 aliphatic carbocycles. The summed E-state index contributed by atoms with van der Waals surface area (Å²) < 4.78 is 13.2. The number of nitrogens with zero attached hydrogens (tertiary/aromatic N) is 3. The van der Waals surface area contributed by atoms with Crippen LogP contribution in [0, 0.1) is 5.82 Å². The van der Waals surface area contributed by atoms with Gasteiger partial charge in [-0.1, -0.05) is 18.2 Å². The van der Waals surface area contributed by atoms with E-state index in [1.165, 1.54) is 28.2 Å². The molecule has 6 nitrogen and oxygen atoms in total. The van der Waals surface area contributed by atoms with Crippen LogP contribution in [0.2, 0.25) is 0 Å². The number of carbonyl (C=O) groups excluding carboxylic acids is 2. The van der Waals surface area contributed by atoms with Crippen LogP contribution >= 0.6 is 0 Å². The minimum atomic E-state index is -1.02. The van der Waals surface area contributed by atoms with Gasteiger partial charge in [-0.05, 0) is 67.1 Å². The standard InChI is InChI=1S/C24H27FN4O2/c1-24(19-6-5-17-3-2-4-18(17)15-19)22(30)29(23(31)26-24)16-27-11-13-28(14-12-27)21-9-7-20(25)8-10-21/h5-10,15H,2-4,11-14,16H2,1H3,(H,26,31)/t24-/m0/s1. The molecule has 3 amide bonds. The Kier molecular flexibility index (Phi) is 4.93. The van der Waals surface area contributed by atoms with Crippen molar-refractivity contribution in [2.45, 2.75) is 31.7 Å². The normalized spacial score (nSPS) is 23.9. The van der Waals surface area contributed by atoms with Gasteiger partial charge in [0.05, 0.1) is 6.67 Å². The lowest BCUT2D eigenvalue weighted by molar-refractivity contribution is -0.132. The smallest absolute Gasteiger partial charge is 0.326 e. The second-order valence-corrected chi connectivity index (χ2v) is 8.85. The van der Waals surface area contributed by atoms with Crippen molar-refractivity contribution in [1.29, 1.82) is 0 Å². The monoisotopic (exact) mass is 422 g/mol. The zero-order valence-electron chi connectivity index (χ0n) is 17.7. The summed E-state index contributed by atoms with van der Waals surface area (Å²) >= 11 is 0. The van der Waals surface area contributed by atoms with Crippen LogP contribution in [-0.2, 0) is 23.2 Å². The molecule has 2 aromatic carbocycles. The molecule has 162 valence electrons. The van der Waals surface area contributed by atoms with Crippen molar-refractivity contribution in [1.82, 2.24) is 15.1 Å². The first-order valence-electron chi connectivity index (χ1n) is 10.9. The van der Waals surface area contributed by atoms with Gasteiger partial charge in [-0.25, -0.2) is 14.1 Å². The summed E-state index contributed by atoms with van der Waals surface area (Å²) in [4.78, 5) is 31.7. The number of hydrogen-bond acceptors (Lipinski definition) is 4. The van der Waals surface area contributed by atoms with E-state index in [2.05, 4.69) is 27.2 Å². The fraction of sp³-hybridized carbons (Fsp3) is 0.417. The van der Waals surface area contributed by atoms with Crippen molar-refractivity contribution < 1.29 is 14.0 Å². The Morgan fingerprint density at radius 3 is 2.42 bits per heavy atom. The van der Waals surface area contributed by atoms with Crippen LogP contribution in [0.1, 0.15) is 30.0 Å². The number of nitrogens with one attached hydrogen (secondary N) is 1. The van der Waals surface area contributed by atoms with Gasteiger partial charge in [0.2, 0.25) is 0 Å². The number of piperazine rings is 1. The minimum absolute atomic E-state index is 0.198. The zero-order valence-corrected chi connectivity index (χ0v) is 17.7. The van der Waals surface area contributed by atoms with Crippen LogP contribution < -0.4 is 10.2 Å². The van der Waals surface area contributed by atoms with Crippen molar-refractivity contribution in [2.75, 3.05) is 37.7 Å². The third-order valence-electron chi connectivity index (χ3n) is 6.86. The molecule has 2 aromatic rings. The van der Waals surface area contributed by atoms with Crippen molar-refractivity contribution >= 4 is 17.6 Å². The average molecular weight is 423 g/mol. The van der Waals surface area contributed by atoms with E-state index >= 15 is 0 Å². The van der Waals surface area contributed by atoms with E-state index in [0.29, 0.717) is 0 Å². The van der Waals surface area contributed by atoms with Gasteiger partial charge in [-0.3, -0.25) is 9.69 Å². The largest absolute Gasteiger partial charge is 0.369 e. The fourth-order valence-electron chi connectivity index (χ4n) is 4.90. The highest BCUT2D eigenvalue weighted by Crippen LogP contribution is 2.32. The molecule has 5 rings (SSSR count). The number of fused-ring (bicyclic) bond motifs is 1. The van der Waals surface area contributed by atoms with E-state index in [0.717, 1.165) is 56.7 Å². The summed E-state index contributed by atoms with van der Waals surface area (Å²) in [7, 11) is 0. The molecule has 0 spiro atoms. The molecule has 2 aliphatic heterocycles. The van der Waals surface area contributed by atoms with Crippen molar-refractivity contribution in [3.63, 3.8) is 0 Å². The SMILES string of the molecule is C[C@@]1(c2ccc3c(c2)CCC3)NC(=O)N(CN2CCN(c3ccc(F)cc3)CC2)C1=O. The summed E-state index contributed by atoms with van der Waals surface area (Å²) in [6.07, 6.45) is 3.26. The van der Waals surface area contributed by atoms with Crippen molar-refractivity contribution in [2.24, 2.45) is 0 Å². The molecule has 2 saturated heterocycles. The Bertz CT molecular complexity index is 1020. The maximum Gasteiger partial charge on any atom is 0.326 e. The number of rotatable bonds is 4. The van der Waals surface area contributed by atoms with E-state index in [4.69, 9.17) is 0 Å². The van der Waals surface area contributed by atoms with E-state index in [1.54, 1.807) is 19.1 Å². The number of urea groups is 1. The van der Waals surface area contributed by atoms with Gasteiger partial charge in [0, 0.05) is 31.9 Å². The van der Waals surface area contributed by atoms with E-state index in [9.17, 15) is 14.0 Å². The van der Waals surface area contributed by atoms with Gasteiger partial charge < -0.3 is 10.2 Å². The first kappa shape index (κ1) is 20.0. The van der Waals surface area contributed by atoms with Crippen LogP contribution in [0.4, 0.5) is 14.9 Å². The lowest BCUT2D eigenvalue weighted by atomic mass is 9.90. The highest BCUT2D eigenvalue weighted by molar-refractivity contribution is 6.07. The highest BCUT2D eigenvalue weighted by Gasteiger charge is 2.49. The number of benzene rings is 2. The first-order valence-corrected chi connectivity index (χ1v) is 10.9. The molecule has 3 aliphatic rings. The van der Waals surface area contributed by atoms with Gasteiger partial charge in [-0.2, -0.15) is 0 Å². The molecular weight excluding hydrogens is 395 g/mol. The van der Waals surface area contributed by atoms with Gasteiger partial charge in [0.15, 0.2) is 0 Å². The number of aryl methyl sites for hydroxylation is 2. The molecule has 0 aromatic heterocycles. The first-order chi connectivity index (χ1) is 14.9. The molecule has 2 heterocycles. The molecule has 0 radical (unpaired) electrons. The Morgan fingerprint density at radius 1 is 0.968 bits per heavy atom. The lowest BCUT2D eigenvalue weighted by Crippen LogP contribution is -2.51. The van der Waals surface area contributed by atoms with Crippen molar-refractivity contribution in [3.05, 3.63) is 65.0 Å². The Labute approximate surface area is 181 Å². The molecule has 31 heavy (non-hydrogen) atoms. The van der Waals surface area contributed by atoms with Crippen LogP contribution in [0.5, 0.6) is 0 Å². The summed E-state index contributed by atoms with van der Waals surface area (Å²) in [6, 6.07) is 12.3. The van der Waals surface area contributed by atoms with Crippen LogP contribution in [0.15, 0.2) is 42.5 Å². The molecule has 1 atom stereocenters. The zero-order chi connectivity index (χ0) is 21.6. The molecule has 7 heteroatoms. The Hall–Kier alpha value is -2.93. The van der Waals surface area contributed by atoms with Crippen LogP contribution in [0.25, 0.3) is 0 Å². The number of carbonyl (C=O) groups is 2. The fourth-order valence-corrected chi connectivity index (χ4v) is 4.90.